The molecule has 0 amide bonds. The van der Waals surface area contributed by atoms with Crippen molar-refractivity contribution in [2.75, 3.05) is 0 Å². The van der Waals surface area contributed by atoms with Crippen LogP contribution in [0.5, 0.6) is 0 Å². The Morgan fingerprint density at radius 3 is 2.65 bits per heavy atom. The lowest BCUT2D eigenvalue weighted by atomic mass is 9.88. The van der Waals surface area contributed by atoms with Crippen LogP contribution in [0.3, 0.4) is 0 Å². The predicted molar refractivity (Wildman–Crippen MR) is 102 cm³/mol. The van der Waals surface area contributed by atoms with Gasteiger partial charge in [-0.25, -0.2) is 0 Å². The fourth-order valence-electron chi connectivity index (χ4n) is 3.39. The Labute approximate surface area is 156 Å². The van der Waals surface area contributed by atoms with E-state index in [1.807, 2.05) is 12.2 Å². The normalized spacial score (nSPS) is 26.0. The van der Waals surface area contributed by atoms with Crippen LogP contribution in [0, 0.1) is 11.8 Å². The number of aliphatic hydroxyl groups excluding tert-OH is 1. The highest BCUT2D eigenvalue weighted by atomic mass is 16.4. The van der Waals surface area contributed by atoms with E-state index in [4.69, 9.17) is 5.11 Å². The highest BCUT2D eigenvalue weighted by molar-refractivity contribution is 5.86. The van der Waals surface area contributed by atoms with Crippen molar-refractivity contribution in [3.63, 3.8) is 0 Å². The molecular weight excluding hydrogens is 332 g/mol. The van der Waals surface area contributed by atoms with Gasteiger partial charge in [0.1, 0.15) is 5.78 Å². The van der Waals surface area contributed by atoms with E-state index in [0.717, 1.165) is 19.3 Å². The molecule has 5 heteroatoms. The third-order valence-electron chi connectivity index (χ3n) is 5.02. The summed E-state index contributed by atoms with van der Waals surface area (Å²) in [7, 11) is 0. The van der Waals surface area contributed by atoms with E-state index in [9.17, 15) is 19.8 Å². The van der Waals surface area contributed by atoms with Crippen LogP contribution in [0.4, 0.5) is 0 Å². The summed E-state index contributed by atoms with van der Waals surface area (Å²) >= 11 is 0. The van der Waals surface area contributed by atoms with Gasteiger partial charge in [-0.1, -0.05) is 50.5 Å². The molecule has 5 nitrogen and oxygen atoms in total. The minimum atomic E-state index is -0.930. The van der Waals surface area contributed by atoms with E-state index < -0.39 is 17.7 Å². The Balaban J connectivity index is 2.58. The molecule has 0 aromatic rings. The van der Waals surface area contributed by atoms with Crippen molar-refractivity contribution in [3.8, 4) is 0 Å². The highest BCUT2D eigenvalue weighted by Crippen LogP contribution is 2.34. The van der Waals surface area contributed by atoms with Crippen molar-refractivity contribution in [1.29, 1.82) is 0 Å². The lowest BCUT2D eigenvalue weighted by Gasteiger charge is -2.21. The summed E-state index contributed by atoms with van der Waals surface area (Å²) in [6.45, 7) is 3.87. The molecule has 0 bridgehead atoms. The van der Waals surface area contributed by atoms with Gasteiger partial charge < -0.3 is 15.3 Å². The minimum Gasteiger partial charge on any atom is -0.481 e. The van der Waals surface area contributed by atoms with E-state index in [2.05, 4.69) is 6.92 Å². The first-order chi connectivity index (χ1) is 12.3. The topological polar surface area (TPSA) is 94.8 Å². The summed E-state index contributed by atoms with van der Waals surface area (Å²) in [6.07, 6.45) is 12.6. The Hall–Kier alpha value is -1.46. The number of rotatable bonds is 12. The van der Waals surface area contributed by atoms with Crippen molar-refractivity contribution in [2.24, 2.45) is 11.8 Å². The number of aliphatic hydroxyl groups is 2. The van der Waals surface area contributed by atoms with Crippen molar-refractivity contribution in [1.82, 2.24) is 0 Å². The molecule has 1 rings (SSSR count). The number of carbonyl (C=O) groups is 2. The quantitative estimate of drug-likeness (QED) is 0.362. The maximum Gasteiger partial charge on any atom is 0.303 e. The van der Waals surface area contributed by atoms with E-state index in [-0.39, 0.29) is 30.5 Å². The van der Waals surface area contributed by atoms with Gasteiger partial charge in [0.2, 0.25) is 0 Å². The third-order valence-corrected chi connectivity index (χ3v) is 5.02. The number of carbonyl (C=O) groups excluding carboxylic acids is 1. The SMILES string of the molecule is CCCCC[C@@](C)(O)/C=C/[C@H]1C(=O)C[C@H](O)[C@H]1C/C=C\CCCC(=O)O. The largest absolute Gasteiger partial charge is 0.481 e. The van der Waals surface area contributed by atoms with Crippen molar-refractivity contribution < 1.29 is 24.9 Å². The molecule has 0 heterocycles. The fourth-order valence-corrected chi connectivity index (χ4v) is 3.39. The molecule has 1 saturated carbocycles. The molecule has 0 saturated heterocycles. The Morgan fingerprint density at radius 2 is 2.00 bits per heavy atom. The molecule has 0 radical (unpaired) electrons. The van der Waals surface area contributed by atoms with Crippen LogP contribution in [0.15, 0.2) is 24.3 Å². The minimum absolute atomic E-state index is 0.0161. The number of unbranched alkanes of at least 4 members (excludes halogenated alkanes) is 3. The van der Waals surface area contributed by atoms with Crippen molar-refractivity contribution >= 4 is 11.8 Å². The van der Waals surface area contributed by atoms with Crippen LogP contribution in [0.1, 0.15) is 71.6 Å². The van der Waals surface area contributed by atoms with Gasteiger partial charge in [0.15, 0.2) is 0 Å². The Kier molecular flexibility index (Phi) is 9.81. The number of allylic oxidation sites excluding steroid dienone is 3. The standard InChI is InChI=1S/C21H34O5/c1-3-4-9-13-21(2,26)14-12-17-16(18(22)15-19(17)23)10-7-5-6-8-11-20(24)25/h5,7,12,14,16-18,22,26H,3-4,6,8-11,13,15H2,1-2H3,(H,24,25)/b7-5-,14-12+/t16-,17+,18-,21+/m0/s1. The number of carboxylic acid groups (broad SMARTS) is 1. The first-order valence-electron chi connectivity index (χ1n) is 9.76. The Bertz CT molecular complexity index is 507. The molecule has 0 aromatic carbocycles. The Morgan fingerprint density at radius 1 is 1.27 bits per heavy atom. The number of Topliss-reactive ketones (excluding diaryl/α,β-unsaturated/α-hetero) is 1. The maximum atomic E-state index is 12.2. The third kappa shape index (κ3) is 8.28. The summed E-state index contributed by atoms with van der Waals surface area (Å²) in [4.78, 5) is 22.7. The van der Waals surface area contributed by atoms with Crippen LogP contribution in [-0.4, -0.2) is 38.8 Å². The molecule has 1 aliphatic rings. The second kappa shape index (κ2) is 11.3. The van der Waals surface area contributed by atoms with Gasteiger partial charge in [-0.15, -0.1) is 0 Å². The van der Waals surface area contributed by atoms with Crippen LogP contribution in [-0.2, 0) is 9.59 Å². The molecule has 0 unspecified atom stereocenters. The van der Waals surface area contributed by atoms with E-state index in [1.165, 1.54) is 0 Å². The van der Waals surface area contributed by atoms with Gasteiger partial charge in [0.05, 0.1) is 11.7 Å². The summed E-state index contributed by atoms with van der Waals surface area (Å²) < 4.78 is 0. The molecule has 0 aromatic heterocycles. The molecule has 148 valence electrons. The molecule has 1 aliphatic carbocycles. The van der Waals surface area contributed by atoms with E-state index >= 15 is 0 Å². The van der Waals surface area contributed by atoms with Gasteiger partial charge in [-0.3, -0.25) is 9.59 Å². The van der Waals surface area contributed by atoms with Gasteiger partial charge in [0.25, 0.3) is 0 Å². The molecule has 1 fully saturated rings. The molecule has 0 spiro atoms. The van der Waals surface area contributed by atoms with Gasteiger partial charge >= 0.3 is 5.97 Å². The summed E-state index contributed by atoms with van der Waals surface area (Å²) in [6, 6.07) is 0. The van der Waals surface area contributed by atoms with Crippen LogP contribution < -0.4 is 0 Å². The van der Waals surface area contributed by atoms with Gasteiger partial charge in [-0.05, 0) is 32.6 Å². The average molecular weight is 366 g/mol. The number of hydrogen-bond acceptors (Lipinski definition) is 4. The van der Waals surface area contributed by atoms with Gasteiger partial charge in [0, 0.05) is 24.7 Å². The number of hydrogen-bond donors (Lipinski definition) is 3. The number of ketones is 1. The molecule has 0 aliphatic heterocycles. The van der Waals surface area contributed by atoms with Crippen LogP contribution >= 0.6 is 0 Å². The number of carboxylic acids is 1. The average Bonchev–Trinajstić information content (AvgIpc) is 2.82. The zero-order valence-electron chi connectivity index (χ0n) is 16.1. The maximum absolute atomic E-state index is 12.2. The van der Waals surface area contributed by atoms with Crippen molar-refractivity contribution in [2.45, 2.75) is 83.3 Å². The van der Waals surface area contributed by atoms with E-state index in [1.54, 1.807) is 19.1 Å². The molecular formula is C21H34O5. The highest BCUT2D eigenvalue weighted by Gasteiger charge is 2.39. The first kappa shape index (κ1) is 22.6. The lowest BCUT2D eigenvalue weighted by Crippen LogP contribution is -2.23. The predicted octanol–water partition coefficient (Wildman–Crippen LogP) is 3.64. The second-order valence-corrected chi connectivity index (χ2v) is 7.59. The first-order valence-corrected chi connectivity index (χ1v) is 9.76. The fraction of sp³-hybridized carbons (Fsp3) is 0.714. The zero-order valence-corrected chi connectivity index (χ0v) is 16.1. The summed E-state index contributed by atoms with van der Waals surface area (Å²) in [5.41, 5.74) is -0.930. The molecule has 4 atom stereocenters. The van der Waals surface area contributed by atoms with Gasteiger partial charge in [-0.2, -0.15) is 0 Å². The second-order valence-electron chi connectivity index (χ2n) is 7.59. The molecule has 3 N–H and O–H groups in total. The molecule has 26 heavy (non-hydrogen) atoms. The van der Waals surface area contributed by atoms with Crippen LogP contribution in [0.25, 0.3) is 0 Å². The van der Waals surface area contributed by atoms with Crippen molar-refractivity contribution in [3.05, 3.63) is 24.3 Å². The summed E-state index contributed by atoms with van der Waals surface area (Å²) in [5.74, 6) is -1.33. The zero-order chi connectivity index (χ0) is 19.6. The lowest BCUT2D eigenvalue weighted by molar-refractivity contribution is -0.137. The monoisotopic (exact) mass is 366 g/mol. The van der Waals surface area contributed by atoms with E-state index in [0.29, 0.717) is 25.7 Å². The number of aliphatic carboxylic acids is 1. The van der Waals surface area contributed by atoms with Crippen LogP contribution in [0.2, 0.25) is 0 Å². The smallest absolute Gasteiger partial charge is 0.303 e. The summed E-state index contributed by atoms with van der Waals surface area (Å²) in [5, 5.41) is 29.2.